The van der Waals surface area contributed by atoms with Gasteiger partial charge in [-0.2, -0.15) is 5.10 Å². The molecular weight excluding hydrogens is 562 g/mol. The highest BCUT2D eigenvalue weighted by Crippen LogP contribution is 2.40. The molecule has 2 heterocycles. The quantitative estimate of drug-likeness (QED) is 0.470. The summed E-state index contributed by atoms with van der Waals surface area (Å²) in [4.78, 5) is 40.1. The maximum absolute atomic E-state index is 13.7. The van der Waals surface area contributed by atoms with E-state index in [0.717, 1.165) is 49.1 Å². The SMILES string of the molecule is COc1ccc(C2=NN(C3CCN(C(=O)[C@@H](Cc4cc(F)cc(F)c4)NC(=O)O)CC3)C(=O)[C@@H]3CCCC[C@H]23)cc1OC. The van der Waals surface area contributed by atoms with Crippen LogP contribution in [0.15, 0.2) is 41.5 Å². The number of carboxylic acid groups (broad SMARTS) is 1. The fourth-order valence-corrected chi connectivity index (χ4v) is 6.56. The lowest BCUT2D eigenvalue weighted by Crippen LogP contribution is -2.55. The summed E-state index contributed by atoms with van der Waals surface area (Å²) < 4.78 is 38.4. The van der Waals surface area contributed by atoms with Gasteiger partial charge in [-0.25, -0.2) is 18.6 Å². The smallest absolute Gasteiger partial charge is 0.405 e. The lowest BCUT2D eigenvalue weighted by Gasteiger charge is -2.43. The summed E-state index contributed by atoms with van der Waals surface area (Å²) in [5.41, 5.74) is 1.88. The van der Waals surface area contributed by atoms with Crippen LogP contribution in [0.3, 0.4) is 0 Å². The first kappa shape index (κ1) is 30.2. The number of fused-ring (bicyclic) bond motifs is 1. The number of carbonyl (C=O) groups excluding carboxylic acids is 2. The van der Waals surface area contributed by atoms with E-state index in [2.05, 4.69) is 5.32 Å². The number of nitrogens with zero attached hydrogens (tertiary/aromatic N) is 3. The Kier molecular flexibility index (Phi) is 9.12. The second-order valence-electron chi connectivity index (χ2n) is 11.3. The molecule has 10 nitrogen and oxygen atoms in total. The molecule has 0 radical (unpaired) electrons. The van der Waals surface area contributed by atoms with Gasteiger partial charge < -0.3 is 24.8 Å². The summed E-state index contributed by atoms with van der Waals surface area (Å²) in [6.45, 7) is 0.551. The molecule has 5 rings (SSSR count). The van der Waals surface area contributed by atoms with Crippen molar-refractivity contribution in [3.63, 3.8) is 0 Å². The largest absolute Gasteiger partial charge is 0.493 e. The number of halogens is 2. The Bertz CT molecular complexity index is 1390. The minimum atomic E-state index is -1.41. The number of carbonyl (C=O) groups is 3. The van der Waals surface area contributed by atoms with Crippen LogP contribution in [0.4, 0.5) is 13.6 Å². The second-order valence-corrected chi connectivity index (χ2v) is 11.3. The topological polar surface area (TPSA) is 121 Å². The standard InChI is InChI=1S/C31H36F2N4O6/c1-42-26-8-7-19(16-27(26)43-2)28-23-5-3-4-6-24(23)29(38)37(35-28)22-9-11-36(12-10-22)30(39)25(34-31(40)41)15-18-13-20(32)17-21(33)14-18/h7-8,13-14,16-17,22-25,34H,3-6,9-12,15H2,1-2H3,(H,40,41)/t23-,24+,25+/m0/s1. The molecule has 0 unspecified atom stereocenters. The number of nitrogens with one attached hydrogen (secondary N) is 1. The molecule has 1 saturated carbocycles. The lowest BCUT2D eigenvalue weighted by molar-refractivity contribution is -0.143. The van der Waals surface area contributed by atoms with Crippen molar-refractivity contribution < 1.29 is 37.7 Å². The van der Waals surface area contributed by atoms with E-state index in [1.807, 2.05) is 18.2 Å². The summed E-state index contributed by atoms with van der Waals surface area (Å²) in [5.74, 6) is -1.09. The average Bonchev–Trinajstić information content (AvgIpc) is 3.00. The first-order valence-corrected chi connectivity index (χ1v) is 14.6. The van der Waals surface area contributed by atoms with E-state index in [1.54, 1.807) is 19.2 Å². The van der Waals surface area contributed by atoms with Crippen molar-refractivity contribution in [2.75, 3.05) is 27.3 Å². The van der Waals surface area contributed by atoms with Gasteiger partial charge in [-0.3, -0.25) is 9.59 Å². The predicted molar refractivity (Wildman–Crippen MR) is 153 cm³/mol. The van der Waals surface area contributed by atoms with Crippen LogP contribution < -0.4 is 14.8 Å². The Morgan fingerprint density at radius 3 is 2.26 bits per heavy atom. The molecule has 2 fully saturated rings. The molecule has 3 atom stereocenters. The van der Waals surface area contributed by atoms with E-state index < -0.39 is 29.7 Å². The molecule has 2 aromatic rings. The predicted octanol–water partition coefficient (Wildman–Crippen LogP) is 4.20. The van der Waals surface area contributed by atoms with Gasteiger partial charge in [0.2, 0.25) is 11.8 Å². The summed E-state index contributed by atoms with van der Waals surface area (Å²) in [7, 11) is 3.15. The van der Waals surface area contributed by atoms with Gasteiger partial charge in [0, 0.05) is 43.0 Å². The van der Waals surface area contributed by atoms with Crippen LogP contribution in [0, 0.1) is 23.5 Å². The monoisotopic (exact) mass is 598 g/mol. The third kappa shape index (κ3) is 6.57. The molecule has 2 aliphatic heterocycles. The van der Waals surface area contributed by atoms with Gasteiger partial charge in [-0.1, -0.05) is 12.8 Å². The van der Waals surface area contributed by atoms with Crippen molar-refractivity contribution >= 4 is 23.6 Å². The van der Waals surface area contributed by atoms with E-state index in [-0.39, 0.29) is 48.9 Å². The molecule has 2 aromatic carbocycles. The van der Waals surface area contributed by atoms with Crippen LogP contribution in [-0.4, -0.2) is 78.0 Å². The Morgan fingerprint density at radius 2 is 1.63 bits per heavy atom. The number of likely N-dealkylation sites (tertiary alicyclic amines) is 1. The third-order valence-corrected chi connectivity index (χ3v) is 8.63. The average molecular weight is 599 g/mol. The zero-order valence-corrected chi connectivity index (χ0v) is 24.2. The Labute approximate surface area is 248 Å². The molecule has 1 aliphatic carbocycles. The van der Waals surface area contributed by atoms with E-state index in [1.165, 1.54) is 4.90 Å². The maximum Gasteiger partial charge on any atom is 0.405 e. The highest BCUT2D eigenvalue weighted by molar-refractivity contribution is 6.07. The zero-order valence-electron chi connectivity index (χ0n) is 24.2. The van der Waals surface area contributed by atoms with Crippen molar-refractivity contribution in [3.05, 3.63) is 59.2 Å². The van der Waals surface area contributed by atoms with E-state index in [9.17, 15) is 28.3 Å². The minimum absolute atomic E-state index is 0.00254. The molecular formula is C31H36F2N4O6. The fraction of sp³-hybridized carbons (Fsp3) is 0.484. The summed E-state index contributed by atoms with van der Waals surface area (Å²) in [6, 6.07) is 7.06. The Balaban J connectivity index is 1.34. The maximum atomic E-state index is 13.7. The summed E-state index contributed by atoms with van der Waals surface area (Å²) in [5, 5.41) is 18.1. The number of rotatable bonds is 8. The van der Waals surface area contributed by atoms with E-state index >= 15 is 0 Å². The molecule has 1 saturated heterocycles. The summed E-state index contributed by atoms with van der Waals surface area (Å²) >= 11 is 0. The van der Waals surface area contributed by atoms with Crippen molar-refractivity contribution in [2.24, 2.45) is 16.9 Å². The number of methoxy groups -OCH3 is 2. The molecule has 3 amide bonds. The molecule has 0 aromatic heterocycles. The first-order chi connectivity index (χ1) is 20.7. The molecule has 3 aliphatic rings. The van der Waals surface area contributed by atoms with E-state index in [4.69, 9.17) is 14.6 Å². The molecule has 0 spiro atoms. The normalized spacial score (nSPS) is 21.5. The van der Waals surface area contributed by atoms with Gasteiger partial charge >= 0.3 is 6.09 Å². The zero-order chi connectivity index (χ0) is 30.7. The molecule has 2 N–H and O–H groups in total. The van der Waals surface area contributed by atoms with Crippen molar-refractivity contribution in [3.8, 4) is 11.5 Å². The number of piperidine rings is 1. The second kappa shape index (κ2) is 13.0. The Morgan fingerprint density at radius 1 is 0.977 bits per heavy atom. The van der Waals surface area contributed by atoms with Crippen LogP contribution in [0.1, 0.15) is 49.7 Å². The number of ether oxygens (including phenoxy) is 2. The first-order valence-electron chi connectivity index (χ1n) is 14.6. The number of hydrogen-bond acceptors (Lipinski definition) is 6. The number of benzene rings is 2. The fourth-order valence-electron chi connectivity index (χ4n) is 6.56. The number of hydrogen-bond donors (Lipinski definition) is 2. The van der Waals surface area contributed by atoms with Crippen LogP contribution in [0.25, 0.3) is 0 Å². The van der Waals surface area contributed by atoms with Crippen LogP contribution in [-0.2, 0) is 16.0 Å². The van der Waals surface area contributed by atoms with Crippen LogP contribution in [0.5, 0.6) is 11.5 Å². The highest BCUT2D eigenvalue weighted by atomic mass is 19.1. The van der Waals surface area contributed by atoms with Gasteiger partial charge in [-0.15, -0.1) is 0 Å². The van der Waals surface area contributed by atoms with Gasteiger partial charge in [-0.05, 0) is 61.6 Å². The number of amides is 3. The van der Waals surface area contributed by atoms with Gasteiger partial charge in [0.1, 0.15) is 17.7 Å². The molecule has 43 heavy (non-hydrogen) atoms. The molecule has 230 valence electrons. The van der Waals surface area contributed by atoms with Crippen molar-refractivity contribution in [1.29, 1.82) is 0 Å². The van der Waals surface area contributed by atoms with Crippen molar-refractivity contribution in [2.45, 2.75) is 57.0 Å². The van der Waals surface area contributed by atoms with Gasteiger partial charge in [0.05, 0.1) is 26.0 Å². The molecule has 0 bridgehead atoms. The summed E-state index contributed by atoms with van der Waals surface area (Å²) in [6.07, 6.45) is 2.94. The van der Waals surface area contributed by atoms with Crippen molar-refractivity contribution in [1.82, 2.24) is 15.2 Å². The van der Waals surface area contributed by atoms with Gasteiger partial charge in [0.25, 0.3) is 0 Å². The Hall–Kier alpha value is -4.22. The molecule has 12 heteroatoms. The number of hydrazone groups is 1. The van der Waals surface area contributed by atoms with E-state index in [0.29, 0.717) is 30.4 Å². The lowest BCUT2D eigenvalue weighted by atomic mass is 9.73. The highest BCUT2D eigenvalue weighted by Gasteiger charge is 2.44. The van der Waals surface area contributed by atoms with Gasteiger partial charge in [0.15, 0.2) is 11.5 Å². The van der Waals surface area contributed by atoms with Crippen LogP contribution in [0.2, 0.25) is 0 Å². The minimum Gasteiger partial charge on any atom is -0.493 e. The van der Waals surface area contributed by atoms with Crippen LogP contribution >= 0.6 is 0 Å². The third-order valence-electron chi connectivity index (χ3n) is 8.63.